The van der Waals surface area contributed by atoms with Crippen LogP contribution in [0.25, 0.3) is 0 Å². The van der Waals surface area contributed by atoms with Gasteiger partial charge in [0.15, 0.2) is 0 Å². The van der Waals surface area contributed by atoms with Crippen LogP contribution in [0.3, 0.4) is 0 Å². The molecule has 1 amide bonds. The number of carbonyl (C=O) groups is 1. The number of nitrogens with one attached hydrogen (secondary N) is 1. The van der Waals surface area contributed by atoms with Gasteiger partial charge in [0.05, 0.1) is 4.90 Å². The monoisotopic (exact) mass is 227 g/mol. The fourth-order valence-corrected chi connectivity index (χ4v) is 1.45. The van der Waals surface area contributed by atoms with Gasteiger partial charge in [0.1, 0.15) is 0 Å². The van der Waals surface area contributed by atoms with Crippen LogP contribution in [0.2, 0.25) is 0 Å². The van der Waals surface area contributed by atoms with E-state index in [1.807, 2.05) is 0 Å². The first kappa shape index (κ1) is 11.3. The number of nitrogens with two attached hydrogens (primary N) is 1. The van der Waals surface area contributed by atoms with E-state index in [9.17, 15) is 13.2 Å². The molecule has 0 atom stereocenters. The maximum Gasteiger partial charge on any atom is 0.271 e. The first-order valence-corrected chi connectivity index (χ1v) is 5.38. The quantitative estimate of drug-likeness (QED) is 0.546. The average molecular weight is 227 g/mol. The third-order valence-electron chi connectivity index (χ3n) is 1.63. The molecule has 0 aliphatic rings. The lowest BCUT2D eigenvalue weighted by atomic mass is 10.2. The van der Waals surface area contributed by atoms with Crippen molar-refractivity contribution in [1.82, 2.24) is 5.43 Å². The molecule has 0 aromatic heterocycles. The second kappa shape index (κ2) is 4.20. The molecule has 0 unspecified atom stereocenters. The van der Waals surface area contributed by atoms with Crippen LogP contribution < -0.4 is 10.6 Å². The first-order valence-electron chi connectivity index (χ1n) is 3.84. The Morgan fingerprint density at radius 1 is 1.33 bits per heavy atom. The zero-order valence-corrected chi connectivity index (χ0v) is 8.49. The van der Waals surface area contributed by atoms with Crippen molar-refractivity contribution in [2.45, 2.75) is 4.90 Å². The molecule has 0 aliphatic heterocycles. The fraction of sp³-hybridized carbons (Fsp3) is 0. The van der Waals surface area contributed by atoms with Gasteiger partial charge in [0, 0.05) is 12.3 Å². The van der Waals surface area contributed by atoms with Crippen molar-refractivity contribution in [3.05, 3.63) is 29.8 Å². The highest BCUT2D eigenvalue weighted by molar-refractivity contribution is 7.89. The fourth-order valence-electron chi connectivity index (χ4n) is 0.932. The van der Waals surface area contributed by atoms with Gasteiger partial charge in [-0.15, -0.1) is 0 Å². The summed E-state index contributed by atoms with van der Waals surface area (Å²) >= 11 is 0. The highest BCUT2D eigenvalue weighted by Gasteiger charge is 2.09. The SMILES string of the molecule is C=NNC(=O)c1ccc(S(N)(=O)=O)cc1. The van der Waals surface area contributed by atoms with Crippen LogP contribution in [0, 0.1) is 0 Å². The van der Waals surface area contributed by atoms with E-state index in [1.54, 1.807) is 0 Å². The molecule has 0 aliphatic carbocycles. The minimum absolute atomic E-state index is 0.0504. The lowest BCUT2D eigenvalue weighted by Gasteiger charge is -2.00. The van der Waals surface area contributed by atoms with E-state index in [-0.39, 0.29) is 10.5 Å². The third-order valence-corrected chi connectivity index (χ3v) is 2.55. The minimum atomic E-state index is -3.73. The van der Waals surface area contributed by atoms with E-state index >= 15 is 0 Å². The molecular formula is C8H9N3O3S. The van der Waals surface area contributed by atoms with Crippen LogP contribution in [-0.4, -0.2) is 21.0 Å². The second-order valence-corrected chi connectivity index (χ2v) is 4.23. The summed E-state index contributed by atoms with van der Waals surface area (Å²) in [5.74, 6) is -0.467. The Labute approximate surface area is 86.8 Å². The van der Waals surface area contributed by atoms with Gasteiger partial charge in [-0.2, -0.15) is 5.10 Å². The van der Waals surface area contributed by atoms with Crippen LogP contribution in [0.15, 0.2) is 34.3 Å². The highest BCUT2D eigenvalue weighted by Crippen LogP contribution is 2.08. The highest BCUT2D eigenvalue weighted by atomic mass is 32.2. The van der Waals surface area contributed by atoms with E-state index in [0.29, 0.717) is 0 Å². The Kier molecular flexibility index (Phi) is 3.17. The lowest BCUT2D eigenvalue weighted by molar-refractivity contribution is 0.0955. The normalized spacial score (nSPS) is 10.7. The molecule has 0 saturated heterocycles. The van der Waals surface area contributed by atoms with E-state index in [0.717, 1.165) is 0 Å². The van der Waals surface area contributed by atoms with E-state index in [1.165, 1.54) is 24.3 Å². The minimum Gasteiger partial charge on any atom is -0.267 e. The maximum absolute atomic E-state index is 11.2. The number of hydrazone groups is 1. The van der Waals surface area contributed by atoms with Crippen molar-refractivity contribution in [1.29, 1.82) is 0 Å². The van der Waals surface area contributed by atoms with Gasteiger partial charge in [-0.25, -0.2) is 19.0 Å². The molecule has 0 saturated carbocycles. The molecule has 1 aromatic rings. The molecule has 7 heteroatoms. The van der Waals surface area contributed by atoms with Crippen LogP contribution in [0.5, 0.6) is 0 Å². The summed E-state index contributed by atoms with van der Waals surface area (Å²) in [6.45, 7) is 3.09. The summed E-state index contributed by atoms with van der Waals surface area (Å²) in [6, 6.07) is 5.15. The number of benzene rings is 1. The van der Waals surface area contributed by atoms with Crippen molar-refractivity contribution in [2.24, 2.45) is 10.2 Å². The number of primary sulfonamides is 1. The predicted molar refractivity (Wildman–Crippen MR) is 54.8 cm³/mol. The molecule has 0 fully saturated rings. The van der Waals surface area contributed by atoms with Crippen LogP contribution in [0.1, 0.15) is 10.4 Å². The summed E-state index contributed by atoms with van der Waals surface area (Å²) in [7, 11) is -3.73. The molecule has 0 radical (unpaired) electrons. The summed E-state index contributed by atoms with van der Waals surface area (Å²) in [6.07, 6.45) is 0. The summed E-state index contributed by atoms with van der Waals surface area (Å²) in [5.41, 5.74) is 2.39. The van der Waals surface area contributed by atoms with Crippen LogP contribution >= 0.6 is 0 Å². The molecule has 1 rings (SSSR count). The molecule has 1 aromatic carbocycles. The van der Waals surface area contributed by atoms with Gasteiger partial charge in [0.2, 0.25) is 10.0 Å². The number of hydrogen-bond acceptors (Lipinski definition) is 4. The smallest absolute Gasteiger partial charge is 0.267 e. The van der Waals surface area contributed by atoms with Crippen molar-refractivity contribution in [3.63, 3.8) is 0 Å². The van der Waals surface area contributed by atoms with Gasteiger partial charge < -0.3 is 0 Å². The molecule has 0 bridgehead atoms. The average Bonchev–Trinajstić information content (AvgIpc) is 2.17. The standard InChI is InChI=1S/C8H9N3O3S/c1-10-11-8(12)6-2-4-7(5-3-6)15(9,13)14/h2-5H,1H2,(H,11,12)(H2,9,13,14). The van der Waals surface area contributed by atoms with Gasteiger partial charge in [-0.1, -0.05) is 0 Å². The van der Waals surface area contributed by atoms with Gasteiger partial charge in [0.25, 0.3) is 5.91 Å². The molecule has 3 N–H and O–H groups in total. The van der Waals surface area contributed by atoms with Crippen molar-refractivity contribution < 1.29 is 13.2 Å². The molecule has 0 heterocycles. The summed E-state index contributed by atoms with van der Waals surface area (Å²) in [5, 5.41) is 8.08. The number of nitrogens with zero attached hydrogens (tertiary/aromatic N) is 1. The van der Waals surface area contributed by atoms with Gasteiger partial charge in [-0.3, -0.25) is 4.79 Å². The summed E-state index contributed by atoms with van der Waals surface area (Å²) < 4.78 is 21.8. The molecule has 0 spiro atoms. The Morgan fingerprint density at radius 2 is 1.87 bits per heavy atom. The van der Waals surface area contributed by atoms with Crippen LogP contribution in [0.4, 0.5) is 0 Å². The number of rotatable bonds is 3. The Bertz CT molecular complexity index is 478. The van der Waals surface area contributed by atoms with Crippen molar-refractivity contribution in [3.8, 4) is 0 Å². The predicted octanol–water partition coefficient (Wildman–Crippen LogP) is -0.321. The van der Waals surface area contributed by atoms with Crippen LogP contribution in [-0.2, 0) is 10.0 Å². The largest absolute Gasteiger partial charge is 0.271 e. The van der Waals surface area contributed by atoms with Crippen molar-refractivity contribution in [2.75, 3.05) is 0 Å². The van der Waals surface area contributed by atoms with Gasteiger partial charge >= 0.3 is 0 Å². The van der Waals surface area contributed by atoms with E-state index in [4.69, 9.17) is 5.14 Å². The first-order chi connectivity index (χ1) is 6.95. The number of hydrogen-bond donors (Lipinski definition) is 2. The summed E-state index contributed by atoms with van der Waals surface area (Å²) in [4.78, 5) is 11.1. The number of sulfonamides is 1. The Hall–Kier alpha value is -1.73. The van der Waals surface area contributed by atoms with E-state index in [2.05, 4.69) is 17.2 Å². The zero-order valence-electron chi connectivity index (χ0n) is 7.67. The van der Waals surface area contributed by atoms with Gasteiger partial charge in [-0.05, 0) is 24.3 Å². The third kappa shape index (κ3) is 2.86. The van der Waals surface area contributed by atoms with Crippen molar-refractivity contribution >= 4 is 22.6 Å². The molecule has 80 valence electrons. The maximum atomic E-state index is 11.2. The Balaban J connectivity index is 3.00. The zero-order chi connectivity index (χ0) is 11.5. The second-order valence-electron chi connectivity index (χ2n) is 2.67. The number of amides is 1. The Morgan fingerprint density at radius 3 is 2.27 bits per heavy atom. The molecule has 15 heavy (non-hydrogen) atoms. The topological polar surface area (TPSA) is 102 Å². The molecular weight excluding hydrogens is 218 g/mol. The lowest BCUT2D eigenvalue weighted by Crippen LogP contribution is -2.17. The molecule has 6 nitrogen and oxygen atoms in total. The number of carbonyl (C=O) groups excluding carboxylic acids is 1. The van der Waals surface area contributed by atoms with E-state index < -0.39 is 15.9 Å².